The molecule has 0 bridgehead atoms. The minimum Gasteiger partial charge on any atom is -0.495 e. The van der Waals surface area contributed by atoms with Crippen molar-refractivity contribution >= 4 is 63.5 Å². The number of methoxy groups -OCH3 is 1. The number of halogens is 2. The van der Waals surface area contributed by atoms with E-state index in [0.717, 1.165) is 11.3 Å². The summed E-state index contributed by atoms with van der Waals surface area (Å²) >= 11 is 13.1. The smallest absolute Gasteiger partial charge is 0.348 e. The number of esters is 2. The van der Waals surface area contributed by atoms with E-state index in [2.05, 4.69) is 5.32 Å². The van der Waals surface area contributed by atoms with Gasteiger partial charge in [0, 0.05) is 16.7 Å². The van der Waals surface area contributed by atoms with Crippen molar-refractivity contribution in [2.45, 2.75) is 20.8 Å². The third-order valence-electron chi connectivity index (χ3n) is 3.98. The first-order chi connectivity index (χ1) is 14.7. The van der Waals surface area contributed by atoms with Crippen LogP contribution in [-0.4, -0.2) is 38.2 Å². The standard InChI is InChI=1S/C21H21Cl2NO6S/c1-5-29-20(26)16-11(3)18(21(27)30-6-2)31-19(16)24-15(25)8-7-12-9-13(22)10-14(23)17(12)28-4/h7-10H,5-6H2,1-4H3,(H,24,25)/b8-7+. The molecule has 10 heteroatoms. The van der Waals surface area contributed by atoms with Crippen LogP contribution in [0.5, 0.6) is 5.75 Å². The maximum atomic E-state index is 12.5. The second kappa shape index (κ2) is 11.2. The first-order valence-corrected chi connectivity index (χ1v) is 10.8. The summed E-state index contributed by atoms with van der Waals surface area (Å²) in [5, 5.41) is 3.48. The summed E-state index contributed by atoms with van der Waals surface area (Å²) in [6.45, 7) is 5.26. The maximum Gasteiger partial charge on any atom is 0.348 e. The molecule has 0 spiro atoms. The Kier molecular flexibility index (Phi) is 8.91. The van der Waals surface area contributed by atoms with E-state index in [9.17, 15) is 14.4 Å². The van der Waals surface area contributed by atoms with E-state index in [1.807, 2.05) is 0 Å². The van der Waals surface area contributed by atoms with E-state index in [1.165, 1.54) is 25.3 Å². The summed E-state index contributed by atoms with van der Waals surface area (Å²) in [4.78, 5) is 37.4. The van der Waals surface area contributed by atoms with Gasteiger partial charge in [-0.05, 0) is 44.5 Å². The molecule has 0 atom stereocenters. The maximum absolute atomic E-state index is 12.5. The van der Waals surface area contributed by atoms with Crippen LogP contribution in [0.2, 0.25) is 10.0 Å². The molecule has 2 aromatic rings. The number of nitrogens with one attached hydrogen (secondary N) is 1. The summed E-state index contributed by atoms with van der Waals surface area (Å²) < 4.78 is 15.3. The Morgan fingerprint density at radius 1 is 1.10 bits per heavy atom. The third-order valence-corrected chi connectivity index (χ3v) is 5.67. The molecule has 1 N–H and O–H groups in total. The number of rotatable bonds is 8. The lowest BCUT2D eigenvalue weighted by Gasteiger charge is -2.08. The van der Waals surface area contributed by atoms with E-state index >= 15 is 0 Å². The molecule has 31 heavy (non-hydrogen) atoms. The SMILES string of the molecule is CCOC(=O)c1sc(NC(=O)/C=C/c2cc(Cl)cc(Cl)c2OC)c(C(=O)OCC)c1C. The Balaban J connectivity index is 2.36. The zero-order valence-corrected chi connectivity index (χ0v) is 19.7. The van der Waals surface area contributed by atoms with Crippen LogP contribution in [0.1, 0.15) is 45.0 Å². The molecule has 1 aromatic heterocycles. The van der Waals surface area contributed by atoms with Gasteiger partial charge in [-0.3, -0.25) is 4.79 Å². The monoisotopic (exact) mass is 485 g/mol. The lowest BCUT2D eigenvalue weighted by Crippen LogP contribution is -2.13. The van der Waals surface area contributed by atoms with E-state index in [-0.39, 0.29) is 28.7 Å². The van der Waals surface area contributed by atoms with E-state index in [1.54, 1.807) is 26.8 Å². The second-order valence-corrected chi connectivity index (χ2v) is 7.90. The lowest BCUT2D eigenvalue weighted by atomic mass is 10.1. The van der Waals surface area contributed by atoms with Crippen molar-refractivity contribution in [1.82, 2.24) is 0 Å². The third kappa shape index (κ3) is 6.00. The number of amides is 1. The van der Waals surface area contributed by atoms with Gasteiger partial charge in [0.2, 0.25) is 5.91 Å². The van der Waals surface area contributed by atoms with Crippen LogP contribution in [0.25, 0.3) is 6.08 Å². The molecule has 0 aliphatic carbocycles. The Hall–Kier alpha value is -2.55. The van der Waals surface area contributed by atoms with Gasteiger partial charge in [-0.15, -0.1) is 11.3 Å². The molecule has 1 amide bonds. The van der Waals surface area contributed by atoms with Crippen LogP contribution in [0.4, 0.5) is 5.00 Å². The number of benzene rings is 1. The van der Waals surface area contributed by atoms with Crippen LogP contribution in [0.15, 0.2) is 18.2 Å². The highest BCUT2D eigenvalue weighted by Crippen LogP contribution is 2.35. The zero-order chi connectivity index (χ0) is 23.1. The van der Waals surface area contributed by atoms with E-state index < -0.39 is 17.8 Å². The molecular formula is C21H21Cl2NO6S. The molecule has 7 nitrogen and oxygen atoms in total. The van der Waals surface area contributed by atoms with Gasteiger partial charge in [0.15, 0.2) is 0 Å². The topological polar surface area (TPSA) is 90.9 Å². The van der Waals surface area contributed by atoms with Gasteiger partial charge in [0.05, 0.1) is 30.9 Å². The highest BCUT2D eigenvalue weighted by molar-refractivity contribution is 7.18. The Morgan fingerprint density at radius 3 is 2.35 bits per heavy atom. The average Bonchev–Trinajstić information content (AvgIpc) is 3.02. The van der Waals surface area contributed by atoms with Crippen molar-refractivity contribution in [3.05, 3.63) is 49.8 Å². The van der Waals surface area contributed by atoms with Gasteiger partial charge in [-0.25, -0.2) is 9.59 Å². The largest absolute Gasteiger partial charge is 0.495 e. The highest BCUT2D eigenvalue weighted by Gasteiger charge is 2.27. The minimum atomic E-state index is -0.644. The molecule has 1 aromatic carbocycles. The van der Waals surface area contributed by atoms with Gasteiger partial charge in [0.1, 0.15) is 15.6 Å². The summed E-state index contributed by atoms with van der Waals surface area (Å²) in [7, 11) is 1.45. The van der Waals surface area contributed by atoms with Crippen LogP contribution < -0.4 is 10.1 Å². The average molecular weight is 486 g/mol. The second-order valence-electron chi connectivity index (χ2n) is 6.03. The van der Waals surface area contributed by atoms with E-state index in [0.29, 0.717) is 26.9 Å². The van der Waals surface area contributed by atoms with Crippen molar-refractivity contribution in [2.75, 3.05) is 25.6 Å². The van der Waals surface area contributed by atoms with Gasteiger partial charge in [-0.2, -0.15) is 0 Å². The Morgan fingerprint density at radius 2 is 1.74 bits per heavy atom. The van der Waals surface area contributed by atoms with Crippen LogP contribution in [0, 0.1) is 6.92 Å². The van der Waals surface area contributed by atoms with Crippen LogP contribution in [-0.2, 0) is 14.3 Å². The molecule has 166 valence electrons. The van der Waals surface area contributed by atoms with Crippen molar-refractivity contribution in [1.29, 1.82) is 0 Å². The number of hydrogen-bond donors (Lipinski definition) is 1. The molecule has 0 aliphatic heterocycles. The molecule has 0 saturated heterocycles. The fraction of sp³-hybridized carbons (Fsp3) is 0.286. The normalized spacial score (nSPS) is 10.8. The highest BCUT2D eigenvalue weighted by atomic mass is 35.5. The number of hydrogen-bond acceptors (Lipinski definition) is 7. The summed E-state index contributed by atoms with van der Waals surface area (Å²) in [6.07, 6.45) is 2.71. The van der Waals surface area contributed by atoms with E-state index in [4.69, 9.17) is 37.4 Å². The summed E-state index contributed by atoms with van der Waals surface area (Å²) in [5.74, 6) is -1.40. The molecule has 0 fully saturated rings. The van der Waals surface area contributed by atoms with Gasteiger partial charge >= 0.3 is 11.9 Å². The fourth-order valence-electron chi connectivity index (χ4n) is 2.68. The minimum absolute atomic E-state index is 0.111. The van der Waals surface area contributed by atoms with Crippen molar-refractivity contribution in [3.8, 4) is 5.75 Å². The van der Waals surface area contributed by atoms with Gasteiger partial charge in [0.25, 0.3) is 0 Å². The number of thiophene rings is 1. The Labute approximate surface area is 193 Å². The fourth-order valence-corrected chi connectivity index (χ4v) is 4.36. The van der Waals surface area contributed by atoms with Crippen LogP contribution in [0.3, 0.4) is 0 Å². The molecule has 2 rings (SSSR count). The lowest BCUT2D eigenvalue weighted by molar-refractivity contribution is -0.111. The molecular weight excluding hydrogens is 465 g/mol. The molecule has 0 radical (unpaired) electrons. The number of ether oxygens (including phenoxy) is 3. The zero-order valence-electron chi connectivity index (χ0n) is 17.3. The molecule has 0 saturated carbocycles. The van der Waals surface area contributed by atoms with Crippen molar-refractivity contribution in [3.63, 3.8) is 0 Å². The van der Waals surface area contributed by atoms with Crippen LogP contribution >= 0.6 is 34.5 Å². The number of anilines is 1. The number of carbonyl (C=O) groups is 3. The quantitative estimate of drug-likeness (QED) is 0.398. The summed E-state index contributed by atoms with van der Waals surface area (Å²) in [6, 6.07) is 3.12. The van der Waals surface area contributed by atoms with Crippen molar-refractivity contribution < 1.29 is 28.6 Å². The first-order valence-electron chi connectivity index (χ1n) is 9.23. The van der Waals surface area contributed by atoms with Crippen molar-refractivity contribution in [2.24, 2.45) is 0 Å². The predicted molar refractivity (Wildman–Crippen MR) is 122 cm³/mol. The van der Waals surface area contributed by atoms with Gasteiger partial charge < -0.3 is 19.5 Å². The molecule has 0 aliphatic rings. The van der Waals surface area contributed by atoms with Gasteiger partial charge in [-0.1, -0.05) is 23.2 Å². The first kappa shape index (κ1) is 24.7. The Bertz CT molecular complexity index is 1030. The molecule has 1 heterocycles. The predicted octanol–water partition coefficient (Wildman–Crippen LogP) is 5.38. The molecule has 0 unspecified atom stereocenters. The number of carbonyl (C=O) groups excluding carboxylic acids is 3. The summed E-state index contributed by atoms with van der Waals surface area (Å²) in [5.41, 5.74) is 0.986.